The molecule has 2 spiro atoms. The highest BCUT2D eigenvalue weighted by atomic mass is 35.5. The van der Waals surface area contributed by atoms with E-state index in [4.69, 9.17) is 21.2 Å². The van der Waals surface area contributed by atoms with Crippen LogP contribution in [0.5, 0.6) is 0 Å². The van der Waals surface area contributed by atoms with Gasteiger partial charge in [-0.15, -0.1) is 0 Å². The molecule has 11 rings (SSSR count). The van der Waals surface area contributed by atoms with Gasteiger partial charge in [-0.25, -0.2) is 0 Å². The predicted octanol–water partition coefficient (Wildman–Crippen LogP) is 11.9. The fourth-order valence-corrected chi connectivity index (χ4v) is 9.65. The Bertz CT molecular complexity index is 2570. The molecule has 0 saturated carbocycles. The molecule has 1 heterocycles. The highest BCUT2D eigenvalue weighted by Crippen LogP contribution is 2.67. The van der Waals surface area contributed by atoms with Crippen LogP contribution in [0.2, 0.25) is 5.02 Å². The number of hydrogen-bond acceptors (Lipinski definition) is 3. The third-order valence-corrected chi connectivity index (χ3v) is 11.8. The van der Waals surface area contributed by atoms with E-state index in [1.165, 1.54) is 78.7 Å². The zero-order valence-corrected chi connectivity index (χ0v) is 29.0. The standard InChI is InChI=1S/C44H25ClO.C2H7NS/c45-26-21-22-35-30(23-26)31-24-32-29-13-3-10-20-41(29)46-42(32)25-40(31)44(35)38-18-8-6-16-36(38)43(37-17-7-9-19-39(37)44)33-14-4-1-11-27(33)28-12-2-5-15-34(28)43;1-2-4-3/h1-25H;2-3H2,1H3. The Kier molecular flexibility index (Phi) is 6.54. The molecule has 240 valence electrons. The summed E-state index contributed by atoms with van der Waals surface area (Å²) < 4.78 is 6.57. The van der Waals surface area contributed by atoms with Gasteiger partial charge in [-0.3, -0.25) is 5.14 Å². The van der Waals surface area contributed by atoms with E-state index in [2.05, 4.69) is 146 Å². The maximum Gasteiger partial charge on any atom is 0.135 e. The van der Waals surface area contributed by atoms with Crippen molar-refractivity contribution in [2.45, 2.75) is 17.8 Å². The topological polar surface area (TPSA) is 39.2 Å². The van der Waals surface area contributed by atoms with Gasteiger partial charge in [0.15, 0.2) is 0 Å². The fourth-order valence-electron chi connectivity index (χ4n) is 9.48. The first-order valence-corrected chi connectivity index (χ1v) is 18.5. The summed E-state index contributed by atoms with van der Waals surface area (Å²) in [7, 11) is 0. The van der Waals surface area contributed by atoms with Crippen LogP contribution in [0, 0.1) is 0 Å². The van der Waals surface area contributed by atoms with Crippen molar-refractivity contribution in [2.24, 2.45) is 5.14 Å². The minimum absolute atomic E-state index is 0.454. The van der Waals surface area contributed by atoms with Gasteiger partial charge in [-0.05, 0) is 97.1 Å². The third kappa shape index (κ3) is 3.65. The van der Waals surface area contributed by atoms with Gasteiger partial charge in [0, 0.05) is 21.5 Å². The number of para-hydroxylation sites is 1. The molecule has 3 aliphatic rings. The molecule has 0 atom stereocenters. The lowest BCUT2D eigenvalue weighted by atomic mass is 9.52. The van der Waals surface area contributed by atoms with Gasteiger partial charge in [0.25, 0.3) is 0 Å². The zero-order valence-electron chi connectivity index (χ0n) is 27.4. The predicted molar refractivity (Wildman–Crippen MR) is 209 cm³/mol. The Morgan fingerprint density at radius 3 is 1.52 bits per heavy atom. The van der Waals surface area contributed by atoms with Gasteiger partial charge in [0.2, 0.25) is 0 Å². The number of halogens is 1. The molecule has 2 nitrogen and oxygen atoms in total. The first-order valence-electron chi connectivity index (χ1n) is 17.1. The van der Waals surface area contributed by atoms with E-state index in [1.807, 2.05) is 13.0 Å². The Labute approximate surface area is 300 Å². The van der Waals surface area contributed by atoms with Crippen molar-refractivity contribution in [1.82, 2.24) is 0 Å². The molecule has 0 amide bonds. The van der Waals surface area contributed by atoms with Crippen LogP contribution in [-0.2, 0) is 10.8 Å². The molecule has 2 N–H and O–H groups in total. The van der Waals surface area contributed by atoms with Gasteiger partial charge in [0.05, 0.1) is 10.8 Å². The molecule has 0 saturated heterocycles. The van der Waals surface area contributed by atoms with Crippen molar-refractivity contribution in [3.8, 4) is 22.3 Å². The fraction of sp³-hybridized carbons (Fsp3) is 0.0870. The van der Waals surface area contributed by atoms with E-state index >= 15 is 0 Å². The summed E-state index contributed by atoms with van der Waals surface area (Å²) in [6.07, 6.45) is 0. The van der Waals surface area contributed by atoms with Crippen LogP contribution in [0.25, 0.3) is 44.2 Å². The van der Waals surface area contributed by atoms with Crippen molar-refractivity contribution in [3.63, 3.8) is 0 Å². The van der Waals surface area contributed by atoms with Crippen molar-refractivity contribution in [3.05, 3.63) is 201 Å². The molecule has 3 aliphatic carbocycles. The first-order chi connectivity index (χ1) is 24.6. The Morgan fingerprint density at radius 2 is 0.940 bits per heavy atom. The van der Waals surface area contributed by atoms with Crippen LogP contribution in [0.15, 0.2) is 156 Å². The number of furan rings is 1. The van der Waals surface area contributed by atoms with Crippen LogP contribution in [-0.4, -0.2) is 5.75 Å². The van der Waals surface area contributed by atoms with Crippen LogP contribution in [0.3, 0.4) is 0 Å². The molecule has 50 heavy (non-hydrogen) atoms. The number of rotatable bonds is 1. The number of benzene rings is 7. The summed E-state index contributed by atoms with van der Waals surface area (Å²) >= 11 is 8.16. The molecule has 1 aromatic heterocycles. The van der Waals surface area contributed by atoms with E-state index in [1.54, 1.807) is 0 Å². The quantitative estimate of drug-likeness (QED) is 0.175. The van der Waals surface area contributed by atoms with Gasteiger partial charge < -0.3 is 4.42 Å². The lowest BCUT2D eigenvalue weighted by molar-refractivity contribution is 0.630. The first kappa shape index (κ1) is 29.8. The lowest BCUT2D eigenvalue weighted by Gasteiger charge is -2.48. The molecule has 0 unspecified atom stereocenters. The van der Waals surface area contributed by atoms with Crippen LogP contribution in [0.1, 0.15) is 51.4 Å². The second-order valence-corrected chi connectivity index (χ2v) is 14.7. The minimum Gasteiger partial charge on any atom is -0.456 e. The smallest absolute Gasteiger partial charge is 0.135 e. The highest BCUT2D eigenvalue weighted by molar-refractivity contribution is 7.97. The molecule has 7 aromatic carbocycles. The maximum absolute atomic E-state index is 6.80. The van der Waals surface area contributed by atoms with E-state index < -0.39 is 10.8 Å². The molecule has 0 radical (unpaired) electrons. The van der Waals surface area contributed by atoms with Crippen LogP contribution >= 0.6 is 23.5 Å². The molecular weight excluding hydrogens is 650 g/mol. The number of fused-ring (bicyclic) bond motifs is 19. The summed E-state index contributed by atoms with van der Waals surface area (Å²) in [5, 5.41) is 7.95. The average molecular weight is 682 g/mol. The van der Waals surface area contributed by atoms with E-state index in [0.29, 0.717) is 0 Å². The van der Waals surface area contributed by atoms with Crippen molar-refractivity contribution in [2.75, 3.05) is 5.75 Å². The van der Waals surface area contributed by atoms with Crippen molar-refractivity contribution < 1.29 is 4.42 Å². The second kappa shape index (κ2) is 11.0. The third-order valence-electron chi connectivity index (χ3n) is 11.2. The SMILES string of the molecule is CCSN.Clc1ccc2c(c1)-c1cc3c(cc1C21c2ccccc2C2(c4ccccc4-c4ccccc42)c2ccccc21)oc1ccccc13. The Balaban J connectivity index is 0.000000754. The summed E-state index contributed by atoms with van der Waals surface area (Å²) in [6, 6.07) is 55.8. The van der Waals surface area contributed by atoms with E-state index in [0.717, 1.165) is 32.7 Å². The Morgan fingerprint density at radius 1 is 0.480 bits per heavy atom. The normalized spacial score (nSPS) is 14.8. The Hall–Kier alpha value is -5.06. The molecule has 8 aromatic rings. The zero-order chi connectivity index (χ0) is 33.6. The maximum atomic E-state index is 6.80. The van der Waals surface area contributed by atoms with Crippen molar-refractivity contribution >= 4 is 45.5 Å². The van der Waals surface area contributed by atoms with Gasteiger partial charge in [-0.1, -0.05) is 152 Å². The summed E-state index contributed by atoms with van der Waals surface area (Å²) in [4.78, 5) is 0. The number of hydrogen-bond donors (Lipinski definition) is 1. The molecular formula is C46H32ClNOS. The van der Waals surface area contributed by atoms with E-state index in [-0.39, 0.29) is 0 Å². The van der Waals surface area contributed by atoms with Crippen molar-refractivity contribution in [1.29, 1.82) is 0 Å². The largest absolute Gasteiger partial charge is 0.456 e. The van der Waals surface area contributed by atoms with Crippen LogP contribution in [0.4, 0.5) is 0 Å². The molecule has 0 bridgehead atoms. The minimum atomic E-state index is -0.562. The van der Waals surface area contributed by atoms with Gasteiger partial charge in [-0.2, -0.15) is 0 Å². The summed E-state index contributed by atoms with van der Waals surface area (Å²) in [6.45, 7) is 2.02. The molecule has 4 heteroatoms. The lowest BCUT2D eigenvalue weighted by Crippen LogP contribution is -2.43. The van der Waals surface area contributed by atoms with Crippen LogP contribution < -0.4 is 5.14 Å². The van der Waals surface area contributed by atoms with E-state index in [9.17, 15) is 0 Å². The monoisotopic (exact) mass is 681 g/mol. The molecule has 0 fully saturated rings. The van der Waals surface area contributed by atoms with Gasteiger partial charge in [0.1, 0.15) is 11.2 Å². The highest BCUT2D eigenvalue weighted by Gasteiger charge is 2.59. The summed E-state index contributed by atoms with van der Waals surface area (Å²) in [5.41, 5.74) is 16.2. The number of nitrogens with two attached hydrogens (primary N) is 1. The summed E-state index contributed by atoms with van der Waals surface area (Å²) in [5.74, 6) is 1.01. The van der Waals surface area contributed by atoms with Gasteiger partial charge >= 0.3 is 0 Å². The second-order valence-electron chi connectivity index (χ2n) is 13.3. The average Bonchev–Trinajstić information content (AvgIpc) is 3.78. The molecule has 0 aliphatic heterocycles.